The number of fused-ring (bicyclic) bond motifs is 3. The molecule has 3 fully saturated rings. The molecule has 14 heteroatoms. The predicted molar refractivity (Wildman–Crippen MR) is 196 cm³/mol. The highest BCUT2D eigenvalue weighted by Gasteiger charge is 2.62. The van der Waals surface area contributed by atoms with Gasteiger partial charge in [-0.3, -0.25) is 23.9 Å². The maximum Gasteiger partial charge on any atom is 0.407 e. The summed E-state index contributed by atoms with van der Waals surface area (Å²) < 4.78 is 39.4. The van der Waals surface area contributed by atoms with Crippen molar-refractivity contribution in [1.82, 2.24) is 20.3 Å². The zero-order valence-corrected chi connectivity index (χ0v) is 32.7. The van der Waals surface area contributed by atoms with Crippen LogP contribution in [0.4, 0.5) is 4.79 Å². The van der Waals surface area contributed by atoms with Crippen LogP contribution in [0.25, 0.3) is 0 Å². The van der Waals surface area contributed by atoms with E-state index in [2.05, 4.69) is 27.5 Å². The van der Waals surface area contributed by atoms with Gasteiger partial charge in [0.15, 0.2) is 0 Å². The fourth-order valence-corrected chi connectivity index (χ4v) is 9.65. The molecule has 1 aromatic carbocycles. The monoisotopic (exact) mass is 756 g/mol. The highest BCUT2D eigenvalue weighted by molar-refractivity contribution is 7.91. The second kappa shape index (κ2) is 14.5. The molecule has 5 aliphatic rings. The molecule has 6 atom stereocenters. The molecule has 3 aliphatic carbocycles. The van der Waals surface area contributed by atoms with Gasteiger partial charge in [-0.2, -0.15) is 0 Å². The Kier molecular flexibility index (Phi) is 10.7. The molecule has 13 nitrogen and oxygen atoms in total. The molecule has 0 radical (unpaired) electrons. The third kappa shape index (κ3) is 8.52. The van der Waals surface area contributed by atoms with Gasteiger partial charge in [0.05, 0.1) is 24.3 Å². The number of rotatable bonds is 6. The number of sulfonamides is 1. The number of esters is 1. The number of cyclic esters (lactones) is 1. The van der Waals surface area contributed by atoms with E-state index < -0.39 is 80.1 Å². The van der Waals surface area contributed by atoms with Crippen molar-refractivity contribution in [2.45, 2.75) is 141 Å². The van der Waals surface area contributed by atoms with Crippen LogP contribution in [0, 0.1) is 22.7 Å². The third-order valence-corrected chi connectivity index (χ3v) is 13.6. The van der Waals surface area contributed by atoms with Gasteiger partial charge < -0.3 is 25.0 Å². The second-order valence-electron chi connectivity index (χ2n) is 17.8. The second-order valence-corrected chi connectivity index (χ2v) is 19.8. The molecule has 53 heavy (non-hydrogen) atoms. The van der Waals surface area contributed by atoms with E-state index in [9.17, 15) is 32.4 Å². The Morgan fingerprint density at radius 3 is 2.43 bits per heavy atom. The summed E-state index contributed by atoms with van der Waals surface area (Å²) in [5, 5.41) is 4.97. The summed E-state index contributed by atoms with van der Waals surface area (Å²) in [5.74, 6) is -3.09. The van der Waals surface area contributed by atoms with Crippen molar-refractivity contribution >= 4 is 39.8 Å². The number of ether oxygens (including phenoxy) is 2. The molecule has 6 rings (SSSR count). The number of amides is 4. The number of alkyl carbamates (subject to hydrolysis) is 1. The van der Waals surface area contributed by atoms with Crippen molar-refractivity contribution < 1.29 is 41.9 Å². The third-order valence-electron chi connectivity index (χ3n) is 11.8. The zero-order chi connectivity index (χ0) is 38.5. The molecule has 4 bridgehead atoms. The van der Waals surface area contributed by atoms with E-state index in [0.717, 1.165) is 31.2 Å². The molecule has 4 amide bonds. The Bertz CT molecular complexity index is 1750. The lowest BCUT2D eigenvalue weighted by Gasteiger charge is -2.35. The minimum Gasteiger partial charge on any atom is -0.460 e. The van der Waals surface area contributed by atoms with E-state index in [1.807, 2.05) is 26.8 Å². The van der Waals surface area contributed by atoms with Crippen LogP contribution in [-0.2, 0) is 57.9 Å². The fraction of sp³-hybridized carbons (Fsp3) is 0.718. The minimum absolute atomic E-state index is 0.0292. The van der Waals surface area contributed by atoms with Gasteiger partial charge in [-0.15, -0.1) is 0 Å². The largest absolute Gasteiger partial charge is 0.460 e. The van der Waals surface area contributed by atoms with Gasteiger partial charge in [0, 0.05) is 6.42 Å². The van der Waals surface area contributed by atoms with Crippen LogP contribution in [0.15, 0.2) is 18.2 Å². The van der Waals surface area contributed by atoms with E-state index in [1.165, 1.54) is 16.0 Å². The molecular formula is C39H56N4O9S. The number of nitrogens with zero attached hydrogens (tertiary/aromatic N) is 1. The number of carbonyl (C=O) groups is 5. The van der Waals surface area contributed by atoms with Crippen molar-refractivity contribution in [3.63, 3.8) is 0 Å². The normalized spacial score (nSPS) is 30.8. The summed E-state index contributed by atoms with van der Waals surface area (Å²) in [6, 6.07) is 3.93. The summed E-state index contributed by atoms with van der Waals surface area (Å²) in [6.07, 6.45) is 4.77. The van der Waals surface area contributed by atoms with Gasteiger partial charge in [0.2, 0.25) is 21.8 Å². The van der Waals surface area contributed by atoms with Crippen molar-refractivity contribution in [1.29, 1.82) is 0 Å². The predicted octanol–water partition coefficient (Wildman–Crippen LogP) is 3.70. The average Bonchev–Trinajstić information content (AvgIpc) is 3.97. The van der Waals surface area contributed by atoms with Crippen LogP contribution in [0.3, 0.4) is 0 Å². The number of hydrogen-bond donors (Lipinski definition) is 3. The molecule has 2 aliphatic heterocycles. The van der Waals surface area contributed by atoms with Crippen LogP contribution < -0.4 is 15.4 Å². The Hall–Kier alpha value is -3.68. The molecule has 292 valence electrons. The van der Waals surface area contributed by atoms with Gasteiger partial charge >= 0.3 is 12.1 Å². The summed E-state index contributed by atoms with van der Waals surface area (Å²) in [5.41, 5.74) is 0.956. The van der Waals surface area contributed by atoms with Crippen LogP contribution in [0.2, 0.25) is 0 Å². The van der Waals surface area contributed by atoms with Gasteiger partial charge in [0.1, 0.15) is 23.7 Å². The number of carbonyl (C=O) groups excluding carboxylic acids is 5. The first-order chi connectivity index (χ1) is 24.8. The Morgan fingerprint density at radius 1 is 1.06 bits per heavy atom. The Morgan fingerprint density at radius 2 is 1.77 bits per heavy atom. The highest BCUT2D eigenvalue weighted by atomic mass is 32.2. The number of benzene rings is 1. The highest BCUT2D eigenvalue weighted by Crippen LogP contribution is 2.47. The van der Waals surface area contributed by atoms with E-state index >= 15 is 0 Å². The molecule has 1 aromatic rings. The lowest BCUT2D eigenvalue weighted by Crippen LogP contribution is -2.60. The van der Waals surface area contributed by atoms with E-state index in [0.29, 0.717) is 32.1 Å². The molecule has 1 saturated heterocycles. The van der Waals surface area contributed by atoms with Gasteiger partial charge in [-0.1, -0.05) is 72.6 Å². The first-order valence-electron chi connectivity index (χ1n) is 19.3. The van der Waals surface area contributed by atoms with Gasteiger partial charge in [-0.25, -0.2) is 13.2 Å². The van der Waals surface area contributed by atoms with Crippen molar-refractivity contribution in [2.75, 3.05) is 13.2 Å². The molecule has 0 spiro atoms. The van der Waals surface area contributed by atoms with Crippen LogP contribution in [0.1, 0.15) is 110 Å². The number of aryl methyl sites for hydroxylation is 1. The summed E-state index contributed by atoms with van der Waals surface area (Å²) in [4.78, 5) is 70.6. The molecule has 2 saturated carbocycles. The lowest BCUT2D eigenvalue weighted by atomic mass is 9.85. The standard InChI is InChI=1S/C39H56N4O9S/c1-7-26-20-39(26,35(47)42-53(49,50)28-14-15-28)41-32(44)30-19-27-21-43(30)33(45)31(37(2,3)4)40-36(48)51-22-38(5,6)16-9-8-11-23-12-10-13-24-17-25(18-29(23)24)34(46)52-27/h10,12-13,25-28,30-31H,7-9,11,14-22H2,1-6H3,(H,40,48)(H,41,44)(H,42,47)/t25?,26-,27+,30-,31+,39+/m0/s1. The Balaban J connectivity index is 1.28. The smallest absolute Gasteiger partial charge is 0.407 e. The number of nitrogens with one attached hydrogen (secondary N) is 3. The average molecular weight is 757 g/mol. The SMILES string of the molecule is CC[C@H]1C[C@]1(NC(=O)[C@@H]1C[C@@H]2CN1C(=O)[C@H](C(C)(C)C)NC(=O)OCC(C)(C)CCCCc1cccc3c1CC(C3)C(=O)O2)C(=O)NS(=O)(=O)C1CC1. The van der Waals surface area contributed by atoms with Crippen molar-refractivity contribution in [3.05, 3.63) is 34.9 Å². The first-order valence-corrected chi connectivity index (χ1v) is 20.8. The molecule has 3 N–H and O–H groups in total. The molecule has 1 unspecified atom stereocenters. The van der Waals surface area contributed by atoms with Gasteiger partial charge in [-0.05, 0) is 84.8 Å². The minimum atomic E-state index is -3.87. The molecule has 2 heterocycles. The van der Waals surface area contributed by atoms with E-state index in [1.54, 1.807) is 20.8 Å². The molecule has 0 aromatic heterocycles. The summed E-state index contributed by atoms with van der Waals surface area (Å²) >= 11 is 0. The first kappa shape index (κ1) is 39.0. The summed E-state index contributed by atoms with van der Waals surface area (Å²) in [6.45, 7) is 11.4. The fourth-order valence-electron chi connectivity index (χ4n) is 8.28. The number of hydrogen-bond acceptors (Lipinski definition) is 9. The topological polar surface area (TPSA) is 177 Å². The van der Waals surface area contributed by atoms with Crippen molar-refractivity contribution in [2.24, 2.45) is 22.7 Å². The van der Waals surface area contributed by atoms with Crippen LogP contribution >= 0.6 is 0 Å². The Labute approximate surface area is 313 Å². The van der Waals surface area contributed by atoms with Gasteiger partial charge in [0.25, 0.3) is 5.91 Å². The van der Waals surface area contributed by atoms with E-state index in [-0.39, 0.29) is 37.3 Å². The molecular weight excluding hydrogens is 701 g/mol. The lowest BCUT2D eigenvalue weighted by molar-refractivity contribution is -0.154. The van der Waals surface area contributed by atoms with Crippen molar-refractivity contribution in [3.8, 4) is 0 Å². The van der Waals surface area contributed by atoms with Crippen LogP contribution in [0.5, 0.6) is 0 Å². The summed E-state index contributed by atoms with van der Waals surface area (Å²) in [7, 11) is -3.87. The van der Waals surface area contributed by atoms with E-state index in [4.69, 9.17) is 9.47 Å². The maximum atomic E-state index is 14.5. The zero-order valence-electron chi connectivity index (χ0n) is 31.9. The quantitative estimate of drug-likeness (QED) is 0.366. The maximum absolute atomic E-state index is 14.5. The van der Waals surface area contributed by atoms with Crippen LogP contribution in [-0.4, -0.2) is 85.2 Å².